The first kappa shape index (κ1) is 16.5. The summed E-state index contributed by atoms with van der Waals surface area (Å²) < 4.78 is 5.07. The van der Waals surface area contributed by atoms with Gasteiger partial charge in [0.2, 0.25) is 17.7 Å². The van der Waals surface area contributed by atoms with Crippen molar-refractivity contribution in [3.05, 3.63) is 0 Å². The lowest BCUT2D eigenvalue weighted by atomic mass is 9.47. The van der Waals surface area contributed by atoms with Gasteiger partial charge in [0.1, 0.15) is 6.54 Å². The summed E-state index contributed by atoms with van der Waals surface area (Å²) in [7, 11) is 1.43. The minimum atomic E-state index is -0.481. The molecule has 5 rings (SSSR count). The number of nitrogens with one attached hydrogen (secondary N) is 1. The second-order valence-corrected chi connectivity index (χ2v) is 8.44. The highest BCUT2D eigenvalue weighted by molar-refractivity contribution is 6.04. The van der Waals surface area contributed by atoms with Gasteiger partial charge in [-0.1, -0.05) is 0 Å². The topological polar surface area (TPSA) is 92.8 Å². The van der Waals surface area contributed by atoms with E-state index in [-0.39, 0.29) is 43.1 Å². The van der Waals surface area contributed by atoms with Crippen molar-refractivity contribution in [2.45, 2.75) is 56.9 Å². The molecular weight excluding hydrogens is 324 g/mol. The van der Waals surface area contributed by atoms with Crippen molar-refractivity contribution in [3.63, 3.8) is 0 Å². The summed E-state index contributed by atoms with van der Waals surface area (Å²) in [5.74, 6) is -0.171. The molecule has 0 spiro atoms. The predicted octanol–water partition coefficient (Wildman–Crippen LogP) is 0.764. The Labute approximate surface area is 146 Å². The second kappa shape index (κ2) is 5.54. The molecule has 0 unspecified atom stereocenters. The van der Waals surface area contributed by atoms with Crippen LogP contribution in [0.15, 0.2) is 0 Å². The van der Waals surface area contributed by atoms with E-state index < -0.39 is 11.0 Å². The molecule has 1 N–H and O–H groups in total. The number of methoxy groups -OCH3 is 1. The summed E-state index contributed by atoms with van der Waals surface area (Å²) in [5, 5.41) is 3.10. The minimum absolute atomic E-state index is 0.162. The highest BCUT2D eigenvalue weighted by Crippen LogP contribution is 2.61. The maximum absolute atomic E-state index is 12.5. The Bertz CT molecular complexity index is 628. The highest BCUT2D eigenvalue weighted by atomic mass is 16.5. The molecule has 5 fully saturated rings. The Kier molecular flexibility index (Phi) is 3.67. The molecule has 4 saturated carbocycles. The van der Waals surface area contributed by atoms with Gasteiger partial charge in [0, 0.05) is 18.4 Å². The van der Waals surface area contributed by atoms with E-state index in [9.17, 15) is 19.2 Å². The van der Waals surface area contributed by atoms with Crippen molar-refractivity contribution in [1.29, 1.82) is 0 Å². The number of esters is 1. The van der Waals surface area contributed by atoms with Gasteiger partial charge >= 0.3 is 5.97 Å². The lowest BCUT2D eigenvalue weighted by Gasteiger charge is -2.60. The molecule has 0 aromatic heterocycles. The number of hydrogen-bond acceptors (Lipinski definition) is 5. The van der Waals surface area contributed by atoms with E-state index in [1.807, 2.05) is 0 Å². The van der Waals surface area contributed by atoms with Gasteiger partial charge in [-0.3, -0.25) is 24.1 Å². The van der Waals surface area contributed by atoms with Crippen molar-refractivity contribution in [1.82, 2.24) is 10.2 Å². The third kappa shape index (κ3) is 2.64. The van der Waals surface area contributed by atoms with Gasteiger partial charge in [0.15, 0.2) is 0 Å². The molecule has 3 amide bonds. The fourth-order valence-corrected chi connectivity index (χ4v) is 6.14. The van der Waals surface area contributed by atoms with Crippen molar-refractivity contribution >= 4 is 23.7 Å². The summed E-state index contributed by atoms with van der Waals surface area (Å²) in [6.45, 7) is -0.208. The van der Waals surface area contributed by atoms with E-state index in [0.717, 1.165) is 37.0 Å². The Morgan fingerprint density at radius 2 is 1.72 bits per heavy atom. The molecule has 1 saturated heterocycles. The number of likely N-dealkylation sites (tertiary alicyclic amines) is 1. The van der Waals surface area contributed by atoms with Gasteiger partial charge in [-0.25, -0.2) is 0 Å². The van der Waals surface area contributed by atoms with Crippen molar-refractivity contribution in [2.75, 3.05) is 13.7 Å². The number of nitrogens with zero attached hydrogens (tertiary/aromatic N) is 1. The zero-order valence-corrected chi connectivity index (χ0v) is 14.5. The first-order chi connectivity index (χ1) is 11.8. The summed E-state index contributed by atoms with van der Waals surface area (Å²) in [5.41, 5.74) is -0.882. The Balaban J connectivity index is 1.50. The van der Waals surface area contributed by atoms with Gasteiger partial charge in [-0.05, 0) is 50.4 Å². The van der Waals surface area contributed by atoms with Crippen LogP contribution in [-0.4, -0.2) is 47.8 Å². The Morgan fingerprint density at radius 3 is 2.28 bits per heavy atom. The zero-order valence-electron chi connectivity index (χ0n) is 14.5. The van der Waals surface area contributed by atoms with E-state index in [1.54, 1.807) is 0 Å². The maximum Gasteiger partial charge on any atom is 0.311 e. The monoisotopic (exact) mass is 348 g/mol. The van der Waals surface area contributed by atoms with Crippen LogP contribution in [0.4, 0.5) is 0 Å². The Morgan fingerprint density at radius 1 is 1.12 bits per heavy atom. The van der Waals surface area contributed by atoms with E-state index >= 15 is 0 Å². The number of ether oxygens (including phenoxy) is 1. The van der Waals surface area contributed by atoms with Crippen molar-refractivity contribution in [3.8, 4) is 0 Å². The molecule has 5 aliphatic rings. The van der Waals surface area contributed by atoms with Crippen LogP contribution in [0.5, 0.6) is 0 Å². The predicted molar refractivity (Wildman–Crippen MR) is 86.0 cm³/mol. The van der Waals surface area contributed by atoms with Crippen LogP contribution < -0.4 is 5.32 Å². The molecule has 7 nitrogen and oxygen atoms in total. The molecule has 4 bridgehead atoms. The van der Waals surface area contributed by atoms with E-state index in [1.165, 1.54) is 7.11 Å². The van der Waals surface area contributed by atoms with Crippen LogP contribution in [0.25, 0.3) is 0 Å². The van der Waals surface area contributed by atoms with Crippen molar-refractivity contribution < 1.29 is 23.9 Å². The van der Waals surface area contributed by atoms with E-state index in [0.29, 0.717) is 18.3 Å². The molecule has 4 aliphatic carbocycles. The Hall–Kier alpha value is -1.92. The van der Waals surface area contributed by atoms with Gasteiger partial charge in [-0.2, -0.15) is 0 Å². The highest BCUT2D eigenvalue weighted by Gasteiger charge is 2.61. The average Bonchev–Trinajstić information content (AvgIpc) is 2.84. The van der Waals surface area contributed by atoms with Gasteiger partial charge in [0.25, 0.3) is 0 Å². The zero-order chi connectivity index (χ0) is 17.8. The summed E-state index contributed by atoms with van der Waals surface area (Å²) >= 11 is 0. The third-order valence-electron chi connectivity index (χ3n) is 6.54. The first-order valence-corrected chi connectivity index (χ1v) is 9.07. The summed E-state index contributed by atoms with van der Waals surface area (Å²) in [4.78, 5) is 49.5. The molecule has 1 aliphatic heterocycles. The number of carbonyl (C=O) groups excluding carboxylic acids is 4. The number of rotatable bonds is 4. The molecule has 0 radical (unpaired) electrons. The summed E-state index contributed by atoms with van der Waals surface area (Å²) in [6, 6.07) is 0. The number of amides is 3. The van der Waals surface area contributed by atoms with Crippen LogP contribution in [0, 0.1) is 17.3 Å². The minimum Gasteiger partial charge on any atom is -0.469 e. The van der Waals surface area contributed by atoms with Gasteiger partial charge in [-0.15, -0.1) is 0 Å². The van der Waals surface area contributed by atoms with Crippen LogP contribution in [0.1, 0.15) is 51.4 Å². The second-order valence-electron chi connectivity index (χ2n) is 8.44. The largest absolute Gasteiger partial charge is 0.469 e. The van der Waals surface area contributed by atoms with Crippen LogP contribution in [-0.2, 0) is 23.9 Å². The fraction of sp³-hybridized carbons (Fsp3) is 0.778. The van der Waals surface area contributed by atoms with E-state index in [2.05, 4.69) is 5.32 Å². The smallest absolute Gasteiger partial charge is 0.311 e. The van der Waals surface area contributed by atoms with Gasteiger partial charge in [0.05, 0.1) is 12.5 Å². The SMILES string of the molecule is COC(=O)C12C[C@H]3C[C@@H](CC(NC(=O)CN4C(=O)CCC4=O)(C3)C1)C2. The number of carbonyl (C=O) groups is 4. The molecule has 0 aromatic rings. The summed E-state index contributed by atoms with van der Waals surface area (Å²) in [6.07, 6.45) is 5.52. The fourth-order valence-electron chi connectivity index (χ4n) is 6.14. The molecule has 25 heavy (non-hydrogen) atoms. The maximum atomic E-state index is 12.5. The normalized spacial score (nSPS) is 39.0. The standard InChI is InChI=1S/C18H24N2O5/c1-25-16(24)17-5-11-4-12(6-17)8-18(7-11,10-17)19-13(21)9-20-14(22)2-3-15(20)23/h11-12H,2-10H2,1H3,(H,19,21)/t11-,12-,17?,18?/m1/s1. The lowest BCUT2D eigenvalue weighted by Crippen LogP contribution is -2.65. The molecule has 0 aromatic carbocycles. The molecule has 136 valence electrons. The number of imide groups is 1. The first-order valence-electron chi connectivity index (χ1n) is 9.07. The quantitative estimate of drug-likeness (QED) is 0.598. The number of hydrogen-bond donors (Lipinski definition) is 1. The molecule has 1 heterocycles. The molecule has 2 atom stereocenters. The van der Waals surface area contributed by atoms with Crippen LogP contribution in [0.2, 0.25) is 0 Å². The molecular formula is C18H24N2O5. The van der Waals surface area contributed by atoms with Crippen LogP contribution in [0.3, 0.4) is 0 Å². The molecule has 7 heteroatoms. The van der Waals surface area contributed by atoms with E-state index in [4.69, 9.17) is 4.74 Å². The van der Waals surface area contributed by atoms with Crippen molar-refractivity contribution in [2.24, 2.45) is 17.3 Å². The van der Waals surface area contributed by atoms with Gasteiger partial charge < -0.3 is 10.1 Å². The lowest BCUT2D eigenvalue weighted by molar-refractivity contribution is -0.173. The average molecular weight is 348 g/mol. The third-order valence-corrected chi connectivity index (χ3v) is 6.54. The van der Waals surface area contributed by atoms with Crippen LogP contribution >= 0.6 is 0 Å².